The van der Waals surface area contributed by atoms with Crippen LogP contribution in [-0.2, 0) is 9.59 Å². The number of nitrogens with one attached hydrogen (secondary N) is 1. The number of hydrogen-bond acceptors (Lipinski definition) is 2. The van der Waals surface area contributed by atoms with E-state index in [4.69, 9.17) is 0 Å². The fraction of sp³-hybridized carbons (Fsp3) is 0.600. The van der Waals surface area contributed by atoms with Gasteiger partial charge in [0.2, 0.25) is 5.91 Å². The van der Waals surface area contributed by atoms with Crippen molar-refractivity contribution in [3.05, 3.63) is 11.8 Å². The van der Waals surface area contributed by atoms with Gasteiger partial charge in [-0.05, 0) is 13.3 Å². The van der Waals surface area contributed by atoms with E-state index < -0.39 is 5.41 Å². The second kappa shape index (κ2) is 4.26. The van der Waals surface area contributed by atoms with Crippen LogP contribution in [-0.4, -0.2) is 17.0 Å². The van der Waals surface area contributed by atoms with E-state index in [0.29, 0.717) is 17.3 Å². The monoisotopic (exact) mass is 259 g/mol. The first-order valence-corrected chi connectivity index (χ1v) is 5.79. The van der Waals surface area contributed by atoms with E-state index in [1.54, 1.807) is 6.92 Å². The summed E-state index contributed by atoms with van der Waals surface area (Å²) in [5.74, 6) is -0.242. The summed E-state index contributed by atoms with van der Waals surface area (Å²) in [5.41, 5.74) is -0.229. The highest BCUT2D eigenvalue weighted by molar-refractivity contribution is 9.09. The minimum absolute atomic E-state index is 0.0556. The zero-order valence-electron chi connectivity index (χ0n) is 8.39. The van der Waals surface area contributed by atoms with Crippen molar-refractivity contribution in [1.82, 2.24) is 5.32 Å². The van der Waals surface area contributed by atoms with Gasteiger partial charge in [-0.15, -0.1) is 0 Å². The molecule has 1 atom stereocenters. The zero-order valence-corrected chi connectivity index (χ0v) is 9.98. The van der Waals surface area contributed by atoms with Crippen LogP contribution in [0.15, 0.2) is 11.8 Å². The topological polar surface area (TPSA) is 46.2 Å². The van der Waals surface area contributed by atoms with E-state index in [9.17, 15) is 9.59 Å². The Morgan fingerprint density at radius 2 is 2.14 bits per heavy atom. The normalized spacial score (nSPS) is 27.2. The highest BCUT2D eigenvalue weighted by Gasteiger charge is 2.43. The number of carbonyl (C=O) groups is 2. The Balaban J connectivity index is 3.01. The van der Waals surface area contributed by atoms with Gasteiger partial charge in [0.15, 0.2) is 5.78 Å². The molecule has 4 heteroatoms. The van der Waals surface area contributed by atoms with Crippen molar-refractivity contribution < 1.29 is 9.59 Å². The Morgan fingerprint density at radius 1 is 1.50 bits per heavy atom. The molecule has 0 aromatic carbocycles. The third-order valence-corrected chi connectivity index (χ3v) is 3.17. The summed E-state index contributed by atoms with van der Waals surface area (Å²) in [6, 6.07) is 0. The summed E-state index contributed by atoms with van der Waals surface area (Å²) in [4.78, 5) is 23.5. The first kappa shape index (κ1) is 11.4. The molecule has 0 aliphatic carbocycles. The Bertz CT molecular complexity index is 298. The number of ketones is 1. The van der Waals surface area contributed by atoms with Gasteiger partial charge in [-0.3, -0.25) is 9.59 Å². The average Bonchev–Trinajstić information content (AvgIpc) is 2.16. The van der Waals surface area contributed by atoms with Gasteiger partial charge in [0.05, 0.1) is 0 Å². The molecule has 1 aliphatic heterocycles. The number of halogens is 1. The summed E-state index contributed by atoms with van der Waals surface area (Å²) in [6.07, 6.45) is 2.92. The first-order chi connectivity index (χ1) is 6.56. The number of hydrogen-bond donors (Lipinski definition) is 1. The molecular formula is C10H14BrNO2. The molecular weight excluding hydrogens is 246 g/mol. The molecule has 0 saturated heterocycles. The standard InChI is InChI=1S/C10H14BrNO2/c1-3-4-10(2)8(13)7(5-11)6-12-9(10)14/h6H,3-5H2,1-2H3,(H,12,14). The maximum Gasteiger partial charge on any atom is 0.237 e. The fourth-order valence-corrected chi connectivity index (χ4v) is 2.08. The number of amides is 1. The lowest BCUT2D eigenvalue weighted by Gasteiger charge is -2.30. The zero-order chi connectivity index (χ0) is 10.8. The van der Waals surface area contributed by atoms with Crippen molar-refractivity contribution in [2.24, 2.45) is 5.41 Å². The largest absolute Gasteiger partial charge is 0.331 e. The molecule has 0 radical (unpaired) electrons. The molecule has 1 amide bonds. The van der Waals surface area contributed by atoms with E-state index in [0.717, 1.165) is 6.42 Å². The Morgan fingerprint density at radius 3 is 2.64 bits per heavy atom. The molecule has 0 aromatic heterocycles. The van der Waals surface area contributed by atoms with Gasteiger partial charge in [0.25, 0.3) is 0 Å². The number of allylic oxidation sites excluding steroid dienone is 1. The second-order valence-electron chi connectivity index (χ2n) is 3.69. The third kappa shape index (κ3) is 1.75. The summed E-state index contributed by atoms with van der Waals surface area (Å²) in [6.45, 7) is 3.68. The molecule has 1 heterocycles. The van der Waals surface area contributed by atoms with E-state index in [1.807, 2.05) is 6.92 Å². The summed E-state index contributed by atoms with van der Waals surface area (Å²) in [5, 5.41) is 3.13. The number of rotatable bonds is 3. The molecule has 0 spiro atoms. The van der Waals surface area contributed by atoms with E-state index in [-0.39, 0.29) is 11.7 Å². The van der Waals surface area contributed by atoms with Crippen molar-refractivity contribution >= 4 is 27.6 Å². The summed E-state index contributed by atoms with van der Waals surface area (Å²) in [7, 11) is 0. The predicted octanol–water partition coefficient (Wildman–Crippen LogP) is 1.77. The van der Waals surface area contributed by atoms with Crippen LogP contribution in [0.1, 0.15) is 26.7 Å². The van der Waals surface area contributed by atoms with E-state index in [2.05, 4.69) is 21.2 Å². The molecule has 0 saturated carbocycles. The number of alkyl halides is 1. The molecule has 0 aromatic rings. The molecule has 1 rings (SSSR count). The molecule has 1 unspecified atom stereocenters. The van der Waals surface area contributed by atoms with Crippen LogP contribution < -0.4 is 5.32 Å². The van der Waals surface area contributed by atoms with Crippen molar-refractivity contribution in [1.29, 1.82) is 0 Å². The van der Waals surface area contributed by atoms with Crippen molar-refractivity contribution in [2.75, 3.05) is 5.33 Å². The lowest BCUT2D eigenvalue weighted by molar-refractivity contribution is -0.140. The Hall–Kier alpha value is -0.640. The van der Waals surface area contributed by atoms with Crippen LogP contribution >= 0.6 is 15.9 Å². The number of Topliss-reactive ketones (excluding diaryl/α,β-unsaturated/α-hetero) is 1. The van der Waals surface area contributed by atoms with Gasteiger partial charge < -0.3 is 5.32 Å². The van der Waals surface area contributed by atoms with Crippen LogP contribution in [0, 0.1) is 5.41 Å². The molecule has 1 aliphatic rings. The molecule has 1 N–H and O–H groups in total. The lowest BCUT2D eigenvalue weighted by atomic mass is 9.76. The van der Waals surface area contributed by atoms with Gasteiger partial charge >= 0.3 is 0 Å². The van der Waals surface area contributed by atoms with Crippen LogP contribution in [0.4, 0.5) is 0 Å². The van der Waals surface area contributed by atoms with Crippen LogP contribution in [0.5, 0.6) is 0 Å². The Kier molecular flexibility index (Phi) is 3.48. The van der Waals surface area contributed by atoms with Crippen molar-refractivity contribution in [3.63, 3.8) is 0 Å². The minimum atomic E-state index is -0.868. The van der Waals surface area contributed by atoms with Crippen LogP contribution in [0.25, 0.3) is 0 Å². The summed E-state index contributed by atoms with van der Waals surface area (Å²) < 4.78 is 0. The predicted molar refractivity (Wildman–Crippen MR) is 58.0 cm³/mol. The van der Waals surface area contributed by atoms with Gasteiger partial charge in [0.1, 0.15) is 5.41 Å². The highest BCUT2D eigenvalue weighted by atomic mass is 79.9. The lowest BCUT2D eigenvalue weighted by Crippen LogP contribution is -2.47. The molecule has 0 fully saturated rings. The van der Waals surface area contributed by atoms with Gasteiger partial charge in [-0.2, -0.15) is 0 Å². The van der Waals surface area contributed by atoms with Crippen molar-refractivity contribution in [2.45, 2.75) is 26.7 Å². The van der Waals surface area contributed by atoms with Crippen molar-refractivity contribution in [3.8, 4) is 0 Å². The van der Waals surface area contributed by atoms with Gasteiger partial charge in [-0.25, -0.2) is 0 Å². The summed E-state index contributed by atoms with van der Waals surface area (Å²) >= 11 is 3.23. The fourth-order valence-electron chi connectivity index (χ4n) is 1.66. The molecule has 14 heavy (non-hydrogen) atoms. The molecule has 3 nitrogen and oxygen atoms in total. The van der Waals surface area contributed by atoms with E-state index in [1.165, 1.54) is 6.20 Å². The first-order valence-electron chi connectivity index (χ1n) is 4.67. The minimum Gasteiger partial charge on any atom is -0.331 e. The number of carbonyl (C=O) groups excluding carboxylic acids is 2. The van der Waals surface area contributed by atoms with E-state index >= 15 is 0 Å². The van der Waals surface area contributed by atoms with Gasteiger partial charge in [0, 0.05) is 17.1 Å². The maximum absolute atomic E-state index is 11.9. The molecule has 0 bridgehead atoms. The highest BCUT2D eigenvalue weighted by Crippen LogP contribution is 2.31. The SMILES string of the molecule is CCCC1(C)C(=O)NC=C(CBr)C1=O. The second-order valence-corrected chi connectivity index (χ2v) is 4.25. The third-order valence-electron chi connectivity index (χ3n) is 2.57. The van der Waals surface area contributed by atoms with Crippen LogP contribution in [0.3, 0.4) is 0 Å². The van der Waals surface area contributed by atoms with Crippen LogP contribution in [0.2, 0.25) is 0 Å². The Labute approximate surface area is 92.1 Å². The van der Waals surface area contributed by atoms with Gasteiger partial charge in [-0.1, -0.05) is 29.3 Å². The maximum atomic E-state index is 11.9. The quantitative estimate of drug-likeness (QED) is 0.621. The smallest absolute Gasteiger partial charge is 0.237 e. The average molecular weight is 260 g/mol. The molecule has 78 valence electrons.